The van der Waals surface area contributed by atoms with Crippen molar-refractivity contribution >= 4 is 47.4 Å². The number of carbonyl (C=O) groups excluding carboxylic acids is 4. The second kappa shape index (κ2) is 13.5. The molecule has 0 aromatic carbocycles. The zero-order chi connectivity index (χ0) is 25.6. The molecular weight excluding hydrogens is 464 g/mol. The lowest BCUT2D eigenvalue weighted by molar-refractivity contribution is -0.130. The first-order valence-electron chi connectivity index (χ1n) is 10.5. The summed E-state index contributed by atoms with van der Waals surface area (Å²) in [7, 11) is 0. The van der Waals surface area contributed by atoms with E-state index in [0.717, 1.165) is 0 Å². The monoisotopic (exact) mass is 484 g/mol. The summed E-state index contributed by atoms with van der Waals surface area (Å²) in [5.41, 5.74) is 0. The molecule has 4 rings (SSSR count). The van der Waals surface area contributed by atoms with Crippen LogP contribution in [-0.2, 0) is 19.2 Å². The van der Waals surface area contributed by atoms with Crippen LogP contribution in [0.4, 0.5) is 0 Å². The normalized spacial score (nSPS) is 11.3. The fourth-order valence-corrected chi connectivity index (χ4v) is 2.50. The van der Waals surface area contributed by atoms with Crippen molar-refractivity contribution in [1.82, 2.24) is 0 Å². The van der Waals surface area contributed by atoms with Gasteiger partial charge in [-0.2, -0.15) is 0 Å². The molecule has 4 aromatic heterocycles. The van der Waals surface area contributed by atoms with Crippen molar-refractivity contribution in [3.05, 3.63) is 121 Å². The van der Waals surface area contributed by atoms with Gasteiger partial charge in [0.25, 0.3) is 0 Å². The molecule has 0 saturated carbocycles. The molecule has 36 heavy (non-hydrogen) atoms. The second-order valence-corrected chi connectivity index (χ2v) is 6.85. The Hall–Kier alpha value is -5.24. The van der Waals surface area contributed by atoms with E-state index in [0.29, 0.717) is 23.0 Å². The van der Waals surface area contributed by atoms with E-state index in [-0.39, 0.29) is 0 Å². The molecule has 0 aliphatic carbocycles. The molecule has 180 valence electrons. The molecule has 0 aliphatic rings. The Labute approximate surface area is 205 Å². The summed E-state index contributed by atoms with van der Waals surface area (Å²) in [5.74, 6) is -0.388. The number of hydrogen-bond donors (Lipinski definition) is 0. The van der Waals surface area contributed by atoms with E-state index < -0.39 is 23.1 Å². The first-order valence-corrected chi connectivity index (χ1v) is 10.5. The molecule has 0 aliphatic heterocycles. The smallest absolute Gasteiger partial charge is 0.225 e. The number of rotatable bonds is 10. The van der Waals surface area contributed by atoms with Gasteiger partial charge in [-0.15, -0.1) is 0 Å². The molecular formula is C28H20O8. The predicted octanol–water partition coefficient (Wildman–Crippen LogP) is 5.47. The van der Waals surface area contributed by atoms with E-state index >= 15 is 0 Å². The lowest BCUT2D eigenvalue weighted by Crippen LogP contribution is -2.06. The largest absolute Gasteiger partial charge is 0.465 e. The van der Waals surface area contributed by atoms with Crippen LogP contribution in [0, 0.1) is 0 Å². The standard InChI is InChI=1S/2C14H10O4/c2*15-13(7-5-11-3-1-9-17-11)14(16)8-6-12-4-2-10-18-12/h2*1-10H/b2*7-5+,8-6+. The Morgan fingerprint density at radius 3 is 0.806 bits per heavy atom. The molecule has 0 saturated heterocycles. The van der Waals surface area contributed by atoms with Gasteiger partial charge in [0.1, 0.15) is 23.0 Å². The fraction of sp³-hybridized carbons (Fsp3) is 0. The Bertz CT molecular complexity index is 1140. The SMILES string of the molecule is O=C(/C=C/c1ccco1)C(=O)/C=C/c1ccco1.O=C(/C=C/c1ccco1)C(=O)/C=C/c1ccco1. The molecule has 0 N–H and O–H groups in total. The van der Waals surface area contributed by atoms with Crippen LogP contribution in [0.1, 0.15) is 23.0 Å². The molecule has 0 spiro atoms. The number of carbonyl (C=O) groups is 4. The Morgan fingerprint density at radius 1 is 0.417 bits per heavy atom. The van der Waals surface area contributed by atoms with Gasteiger partial charge in [-0.25, -0.2) is 0 Å². The second-order valence-electron chi connectivity index (χ2n) is 6.85. The first kappa shape index (κ1) is 25.4. The molecule has 0 radical (unpaired) electrons. The summed E-state index contributed by atoms with van der Waals surface area (Å²) in [6, 6.07) is 13.5. The number of ketones is 4. The van der Waals surface area contributed by atoms with Crippen LogP contribution >= 0.6 is 0 Å². The highest BCUT2D eigenvalue weighted by Crippen LogP contribution is 2.06. The third-order valence-corrected chi connectivity index (χ3v) is 4.25. The first-order chi connectivity index (χ1) is 17.5. The zero-order valence-corrected chi connectivity index (χ0v) is 18.8. The molecule has 4 aromatic rings. The van der Waals surface area contributed by atoms with Crippen molar-refractivity contribution in [3.8, 4) is 0 Å². The van der Waals surface area contributed by atoms with Gasteiger partial charge in [0, 0.05) is 0 Å². The van der Waals surface area contributed by atoms with Crippen molar-refractivity contribution in [2.24, 2.45) is 0 Å². The van der Waals surface area contributed by atoms with E-state index in [2.05, 4.69) is 0 Å². The van der Waals surface area contributed by atoms with Gasteiger partial charge in [-0.05, 0) is 97.1 Å². The molecule has 0 atom stereocenters. The van der Waals surface area contributed by atoms with E-state index in [1.54, 1.807) is 48.5 Å². The van der Waals surface area contributed by atoms with E-state index in [4.69, 9.17) is 17.7 Å². The lowest BCUT2D eigenvalue weighted by atomic mass is 10.2. The molecule has 0 unspecified atom stereocenters. The summed E-state index contributed by atoms with van der Waals surface area (Å²) in [5, 5.41) is 0. The third kappa shape index (κ3) is 8.60. The summed E-state index contributed by atoms with van der Waals surface area (Å²) in [6.07, 6.45) is 16.4. The maximum atomic E-state index is 11.4. The Balaban J connectivity index is 0.000000201. The van der Waals surface area contributed by atoms with Gasteiger partial charge in [0.15, 0.2) is 0 Å². The summed E-state index contributed by atoms with van der Waals surface area (Å²) in [4.78, 5) is 45.8. The van der Waals surface area contributed by atoms with Gasteiger partial charge in [-0.3, -0.25) is 19.2 Å². The minimum Gasteiger partial charge on any atom is -0.465 e. The number of hydrogen-bond acceptors (Lipinski definition) is 8. The van der Waals surface area contributed by atoms with Crippen molar-refractivity contribution in [1.29, 1.82) is 0 Å². The average molecular weight is 484 g/mol. The predicted molar refractivity (Wildman–Crippen MR) is 131 cm³/mol. The third-order valence-electron chi connectivity index (χ3n) is 4.25. The molecule has 0 fully saturated rings. The summed E-state index contributed by atoms with van der Waals surface area (Å²) in [6.45, 7) is 0. The van der Waals surface area contributed by atoms with Gasteiger partial charge in [0.05, 0.1) is 25.1 Å². The van der Waals surface area contributed by atoms with E-state index in [9.17, 15) is 19.2 Å². The maximum Gasteiger partial charge on any atom is 0.225 e. The maximum absolute atomic E-state index is 11.4. The lowest BCUT2D eigenvalue weighted by Gasteiger charge is -1.87. The van der Waals surface area contributed by atoms with Crippen LogP contribution in [0.3, 0.4) is 0 Å². The molecule has 0 bridgehead atoms. The van der Waals surface area contributed by atoms with Crippen LogP contribution in [-0.4, -0.2) is 23.1 Å². The van der Waals surface area contributed by atoms with Crippen LogP contribution in [0.2, 0.25) is 0 Å². The van der Waals surface area contributed by atoms with Gasteiger partial charge in [0.2, 0.25) is 23.1 Å². The highest BCUT2D eigenvalue weighted by Gasteiger charge is 2.07. The van der Waals surface area contributed by atoms with Crippen molar-refractivity contribution < 1.29 is 36.8 Å². The zero-order valence-electron chi connectivity index (χ0n) is 18.8. The van der Waals surface area contributed by atoms with Crippen molar-refractivity contribution in [2.45, 2.75) is 0 Å². The van der Waals surface area contributed by atoms with Crippen molar-refractivity contribution in [2.75, 3.05) is 0 Å². The van der Waals surface area contributed by atoms with Crippen LogP contribution < -0.4 is 0 Å². The van der Waals surface area contributed by atoms with Crippen LogP contribution in [0.25, 0.3) is 24.3 Å². The molecule has 0 amide bonds. The van der Waals surface area contributed by atoms with Gasteiger partial charge in [-0.1, -0.05) is 0 Å². The fourth-order valence-electron chi connectivity index (χ4n) is 2.50. The van der Waals surface area contributed by atoms with Crippen molar-refractivity contribution in [3.63, 3.8) is 0 Å². The van der Waals surface area contributed by atoms with E-state index in [1.165, 1.54) is 73.7 Å². The minimum atomic E-state index is -0.616. The molecule has 8 heteroatoms. The van der Waals surface area contributed by atoms with Crippen LogP contribution in [0.15, 0.2) is 116 Å². The van der Waals surface area contributed by atoms with Gasteiger partial charge >= 0.3 is 0 Å². The summed E-state index contributed by atoms with van der Waals surface area (Å²) >= 11 is 0. The number of allylic oxidation sites excluding steroid dienone is 4. The summed E-state index contributed by atoms with van der Waals surface area (Å²) < 4.78 is 20.0. The Kier molecular flexibility index (Phi) is 9.49. The van der Waals surface area contributed by atoms with Gasteiger partial charge < -0.3 is 17.7 Å². The highest BCUT2D eigenvalue weighted by atomic mass is 16.3. The number of furan rings is 4. The average Bonchev–Trinajstić information content (AvgIpc) is 3.72. The molecule has 8 nitrogen and oxygen atoms in total. The quantitative estimate of drug-likeness (QED) is 0.214. The highest BCUT2D eigenvalue weighted by molar-refractivity contribution is 6.47. The van der Waals surface area contributed by atoms with E-state index in [1.807, 2.05) is 0 Å². The molecule has 4 heterocycles. The van der Waals surface area contributed by atoms with Crippen LogP contribution in [0.5, 0.6) is 0 Å². The minimum absolute atomic E-state index is 0.520. The Morgan fingerprint density at radius 2 is 0.639 bits per heavy atom. The topological polar surface area (TPSA) is 121 Å².